The number of esters is 1. The minimum Gasteiger partial charge on any atom is -0.423 e. The lowest BCUT2D eigenvalue weighted by atomic mass is 10.1. The van der Waals surface area contributed by atoms with Gasteiger partial charge in [0.25, 0.3) is 5.91 Å². The zero-order valence-corrected chi connectivity index (χ0v) is 15.7. The molecule has 5 heteroatoms. The Morgan fingerprint density at radius 3 is 2.39 bits per heavy atom. The number of hydrogen-bond acceptors (Lipinski definition) is 4. The minimum atomic E-state index is -0.407. The van der Waals surface area contributed by atoms with E-state index >= 15 is 0 Å². The summed E-state index contributed by atoms with van der Waals surface area (Å²) in [6, 6.07) is 21.4. The summed E-state index contributed by atoms with van der Waals surface area (Å²) >= 11 is 0. The third-order valence-corrected chi connectivity index (χ3v) is 4.11. The van der Waals surface area contributed by atoms with E-state index in [0.29, 0.717) is 16.9 Å². The van der Waals surface area contributed by atoms with Crippen LogP contribution in [0.5, 0.6) is 5.75 Å². The monoisotopic (exact) mass is 372 g/mol. The Morgan fingerprint density at radius 2 is 1.68 bits per heavy atom. The van der Waals surface area contributed by atoms with E-state index in [1.165, 1.54) is 6.21 Å². The van der Waals surface area contributed by atoms with E-state index in [0.717, 1.165) is 16.7 Å². The first-order chi connectivity index (χ1) is 13.5. The summed E-state index contributed by atoms with van der Waals surface area (Å²) in [5.74, 6) is -0.235. The minimum absolute atomic E-state index is 0.266. The first-order valence-electron chi connectivity index (χ1n) is 8.81. The third kappa shape index (κ3) is 4.92. The summed E-state index contributed by atoms with van der Waals surface area (Å²) in [7, 11) is 0. The molecular formula is C23H20N2O3. The number of ether oxygens (including phenoxy) is 1. The van der Waals surface area contributed by atoms with Gasteiger partial charge in [-0.1, -0.05) is 35.9 Å². The first kappa shape index (κ1) is 19.0. The maximum atomic E-state index is 12.2. The Labute approximate surface area is 163 Å². The molecule has 0 unspecified atom stereocenters. The number of carbonyl (C=O) groups excluding carboxylic acids is 2. The molecule has 0 spiro atoms. The van der Waals surface area contributed by atoms with E-state index in [2.05, 4.69) is 10.5 Å². The summed E-state index contributed by atoms with van der Waals surface area (Å²) in [6.45, 7) is 3.79. The van der Waals surface area contributed by atoms with E-state index in [-0.39, 0.29) is 5.91 Å². The van der Waals surface area contributed by atoms with Gasteiger partial charge in [0.05, 0.1) is 11.8 Å². The first-order valence-corrected chi connectivity index (χ1v) is 8.81. The van der Waals surface area contributed by atoms with Crippen molar-refractivity contribution in [1.29, 1.82) is 0 Å². The molecule has 0 aliphatic carbocycles. The highest BCUT2D eigenvalue weighted by Gasteiger charge is 2.09. The summed E-state index contributed by atoms with van der Waals surface area (Å²) in [4.78, 5) is 24.3. The van der Waals surface area contributed by atoms with Gasteiger partial charge < -0.3 is 4.74 Å². The molecule has 5 nitrogen and oxygen atoms in total. The lowest BCUT2D eigenvalue weighted by Crippen LogP contribution is -2.18. The standard InChI is InChI=1S/C23H20N2O3/c1-16-6-5-8-19(14-16)23(27)28-20-12-10-18(11-13-20)15-24-25-22(26)21-9-4-3-7-17(21)2/h3-15H,1-2H3,(H,25,26)/b24-15+. The zero-order valence-electron chi connectivity index (χ0n) is 15.7. The Hall–Kier alpha value is -3.73. The predicted octanol–water partition coefficient (Wildman–Crippen LogP) is 4.29. The fraction of sp³-hybridized carbons (Fsp3) is 0.0870. The maximum absolute atomic E-state index is 12.2. The second-order valence-electron chi connectivity index (χ2n) is 6.34. The van der Waals surface area contributed by atoms with Crippen molar-refractivity contribution < 1.29 is 14.3 Å². The van der Waals surface area contributed by atoms with E-state index in [4.69, 9.17) is 4.74 Å². The molecule has 1 N–H and O–H groups in total. The number of hydrazone groups is 1. The molecule has 28 heavy (non-hydrogen) atoms. The fourth-order valence-electron chi connectivity index (χ4n) is 2.61. The van der Waals surface area contributed by atoms with E-state index in [1.807, 2.05) is 44.2 Å². The number of rotatable bonds is 5. The molecule has 0 radical (unpaired) electrons. The molecule has 3 aromatic rings. The second-order valence-corrected chi connectivity index (χ2v) is 6.34. The van der Waals surface area contributed by atoms with Crippen molar-refractivity contribution in [2.75, 3.05) is 0 Å². The average molecular weight is 372 g/mol. The number of benzene rings is 3. The van der Waals surface area contributed by atoms with Crippen LogP contribution in [0.3, 0.4) is 0 Å². The number of hydrogen-bond donors (Lipinski definition) is 1. The van der Waals surface area contributed by atoms with Gasteiger partial charge in [-0.15, -0.1) is 0 Å². The second kappa shape index (κ2) is 8.77. The Morgan fingerprint density at radius 1 is 0.929 bits per heavy atom. The number of nitrogens with zero attached hydrogens (tertiary/aromatic N) is 1. The molecule has 0 atom stereocenters. The smallest absolute Gasteiger partial charge is 0.343 e. The quantitative estimate of drug-likeness (QED) is 0.314. The van der Waals surface area contributed by atoms with Gasteiger partial charge in [0.15, 0.2) is 0 Å². The highest BCUT2D eigenvalue weighted by molar-refractivity contribution is 5.96. The van der Waals surface area contributed by atoms with Gasteiger partial charge in [-0.2, -0.15) is 5.10 Å². The van der Waals surface area contributed by atoms with Gasteiger partial charge in [-0.25, -0.2) is 10.2 Å². The van der Waals surface area contributed by atoms with Crippen molar-refractivity contribution in [2.45, 2.75) is 13.8 Å². The van der Waals surface area contributed by atoms with Gasteiger partial charge in [-0.3, -0.25) is 4.79 Å². The van der Waals surface area contributed by atoms with Gasteiger partial charge in [0.2, 0.25) is 0 Å². The number of nitrogens with one attached hydrogen (secondary N) is 1. The van der Waals surface area contributed by atoms with Crippen LogP contribution in [0.15, 0.2) is 77.9 Å². The number of carbonyl (C=O) groups is 2. The van der Waals surface area contributed by atoms with Crippen molar-refractivity contribution in [1.82, 2.24) is 5.43 Å². The Balaban J connectivity index is 1.58. The van der Waals surface area contributed by atoms with Gasteiger partial charge >= 0.3 is 5.97 Å². The van der Waals surface area contributed by atoms with Crippen molar-refractivity contribution in [3.63, 3.8) is 0 Å². The maximum Gasteiger partial charge on any atom is 0.343 e. The molecule has 3 aromatic carbocycles. The molecule has 3 rings (SSSR count). The van der Waals surface area contributed by atoms with Crippen LogP contribution < -0.4 is 10.2 Å². The Bertz CT molecular complexity index is 1020. The van der Waals surface area contributed by atoms with Crippen molar-refractivity contribution in [3.05, 3.63) is 101 Å². The van der Waals surface area contributed by atoms with Crippen LogP contribution in [0.25, 0.3) is 0 Å². The zero-order chi connectivity index (χ0) is 19.9. The molecule has 0 heterocycles. The normalized spacial score (nSPS) is 10.6. The molecule has 0 aliphatic heterocycles. The SMILES string of the molecule is Cc1cccc(C(=O)Oc2ccc(/C=N/NC(=O)c3ccccc3C)cc2)c1. The fourth-order valence-corrected chi connectivity index (χ4v) is 2.61. The predicted molar refractivity (Wildman–Crippen MR) is 109 cm³/mol. The van der Waals surface area contributed by atoms with E-state index in [9.17, 15) is 9.59 Å². The number of aryl methyl sites for hydroxylation is 2. The van der Waals surface area contributed by atoms with Crippen LogP contribution in [-0.4, -0.2) is 18.1 Å². The van der Waals surface area contributed by atoms with Crippen LogP contribution in [0.1, 0.15) is 37.4 Å². The molecule has 0 saturated heterocycles. The van der Waals surface area contributed by atoms with Crippen LogP contribution in [0, 0.1) is 13.8 Å². The molecule has 0 aliphatic rings. The molecule has 1 amide bonds. The topological polar surface area (TPSA) is 67.8 Å². The third-order valence-electron chi connectivity index (χ3n) is 4.11. The summed E-state index contributed by atoms with van der Waals surface area (Å²) < 4.78 is 5.37. The highest BCUT2D eigenvalue weighted by atomic mass is 16.5. The van der Waals surface area contributed by atoms with Crippen LogP contribution >= 0.6 is 0 Å². The van der Waals surface area contributed by atoms with Crippen LogP contribution in [0.4, 0.5) is 0 Å². The molecule has 140 valence electrons. The molecule has 0 aromatic heterocycles. The van der Waals surface area contributed by atoms with Crippen molar-refractivity contribution in [3.8, 4) is 5.75 Å². The van der Waals surface area contributed by atoms with Gasteiger partial charge in [0.1, 0.15) is 5.75 Å². The van der Waals surface area contributed by atoms with E-state index in [1.54, 1.807) is 42.5 Å². The lowest BCUT2D eigenvalue weighted by molar-refractivity contribution is 0.0734. The lowest BCUT2D eigenvalue weighted by Gasteiger charge is -2.05. The van der Waals surface area contributed by atoms with Gasteiger partial charge in [-0.05, 0) is 67.4 Å². The van der Waals surface area contributed by atoms with Crippen molar-refractivity contribution in [2.24, 2.45) is 5.10 Å². The Kier molecular flexibility index (Phi) is 5.97. The average Bonchev–Trinajstić information content (AvgIpc) is 2.69. The number of amides is 1. The summed E-state index contributed by atoms with van der Waals surface area (Å²) in [5, 5.41) is 3.97. The van der Waals surface area contributed by atoms with E-state index < -0.39 is 5.97 Å². The molecular weight excluding hydrogens is 352 g/mol. The molecule has 0 bridgehead atoms. The van der Waals surface area contributed by atoms with Crippen LogP contribution in [0.2, 0.25) is 0 Å². The highest BCUT2D eigenvalue weighted by Crippen LogP contribution is 2.14. The van der Waals surface area contributed by atoms with Crippen molar-refractivity contribution >= 4 is 18.1 Å². The molecule has 0 saturated carbocycles. The van der Waals surface area contributed by atoms with Gasteiger partial charge in [0, 0.05) is 5.56 Å². The summed E-state index contributed by atoms with van der Waals surface area (Å²) in [5.41, 5.74) is 6.24. The largest absolute Gasteiger partial charge is 0.423 e. The van der Waals surface area contributed by atoms with Crippen LogP contribution in [-0.2, 0) is 0 Å². The summed E-state index contributed by atoms with van der Waals surface area (Å²) in [6.07, 6.45) is 1.53. The molecule has 0 fully saturated rings.